The van der Waals surface area contributed by atoms with Gasteiger partial charge in [-0.15, -0.1) is 0 Å². The van der Waals surface area contributed by atoms with Crippen molar-refractivity contribution in [1.82, 2.24) is 4.90 Å². The van der Waals surface area contributed by atoms with Crippen molar-refractivity contribution in [3.63, 3.8) is 0 Å². The molecule has 0 spiro atoms. The molecule has 1 amide bonds. The molecule has 5 heteroatoms. The minimum atomic E-state index is -0.623. The lowest BCUT2D eigenvalue weighted by Gasteiger charge is -2.34. The van der Waals surface area contributed by atoms with Gasteiger partial charge in [0.2, 0.25) is 0 Å². The second kappa shape index (κ2) is 6.43. The number of alkyl halides is 1. The van der Waals surface area contributed by atoms with Crippen molar-refractivity contribution in [3.05, 3.63) is 12.2 Å². The number of nitrogens with zero attached hydrogens (tertiary/aromatic N) is 1. The molecule has 0 saturated carbocycles. The first kappa shape index (κ1) is 16.8. The van der Waals surface area contributed by atoms with E-state index in [2.05, 4.69) is 28.7 Å². The number of carbonyl (C=O) groups is 1. The van der Waals surface area contributed by atoms with Gasteiger partial charge in [-0.1, -0.05) is 34.7 Å². The van der Waals surface area contributed by atoms with Gasteiger partial charge in [0.1, 0.15) is 11.3 Å². The zero-order valence-electron chi connectivity index (χ0n) is 12.4. The van der Waals surface area contributed by atoms with E-state index < -0.39 is 11.3 Å². The Morgan fingerprint density at radius 1 is 1.53 bits per heavy atom. The Morgan fingerprint density at radius 2 is 2.16 bits per heavy atom. The molecular weight excluding hydrogens is 357 g/mol. The number of rotatable bonds is 3. The van der Waals surface area contributed by atoms with E-state index >= 15 is 0 Å². The van der Waals surface area contributed by atoms with Crippen LogP contribution in [0.5, 0.6) is 0 Å². The second-order valence-corrected chi connectivity index (χ2v) is 7.16. The summed E-state index contributed by atoms with van der Waals surface area (Å²) in [7, 11) is 0. The topological polar surface area (TPSA) is 38.8 Å². The van der Waals surface area contributed by atoms with Gasteiger partial charge in [0.15, 0.2) is 0 Å². The average molecular weight is 381 g/mol. The maximum Gasteiger partial charge on any atom is 0.413 e. The zero-order chi connectivity index (χ0) is 14.7. The quantitative estimate of drug-likeness (QED) is 0.425. The number of ether oxygens (including phenoxy) is 2. The lowest BCUT2D eigenvalue weighted by Crippen LogP contribution is -2.49. The number of allylic oxidation sites excluding steroid dienone is 1. The largest absolute Gasteiger partial charge is 0.444 e. The van der Waals surface area contributed by atoms with Gasteiger partial charge >= 0.3 is 6.09 Å². The van der Waals surface area contributed by atoms with Crippen molar-refractivity contribution in [1.29, 1.82) is 0 Å². The fraction of sp³-hybridized carbons (Fsp3) is 0.786. The van der Waals surface area contributed by atoms with Gasteiger partial charge in [0.25, 0.3) is 0 Å². The molecule has 4 nitrogen and oxygen atoms in total. The molecule has 110 valence electrons. The van der Waals surface area contributed by atoms with Gasteiger partial charge in [0.05, 0.1) is 12.6 Å². The maximum atomic E-state index is 12.3. The fourth-order valence-corrected chi connectivity index (χ4v) is 2.32. The van der Waals surface area contributed by atoms with Crippen LogP contribution in [0.25, 0.3) is 0 Å². The van der Waals surface area contributed by atoms with Crippen molar-refractivity contribution in [3.8, 4) is 0 Å². The Kier molecular flexibility index (Phi) is 5.67. The molecule has 1 saturated heterocycles. The molecule has 0 aromatic heterocycles. The van der Waals surface area contributed by atoms with Crippen molar-refractivity contribution in [2.75, 3.05) is 11.0 Å². The molecule has 0 aromatic rings. The first-order valence-corrected chi connectivity index (χ1v) is 8.09. The lowest BCUT2D eigenvalue weighted by molar-refractivity contribution is -0.0610. The number of amides is 1. The Hall–Kier alpha value is -0.300. The summed E-state index contributed by atoms with van der Waals surface area (Å²) in [4.78, 5) is 14.0. The predicted molar refractivity (Wildman–Crippen MR) is 84.5 cm³/mol. The molecule has 0 aromatic carbocycles. The fourth-order valence-electron chi connectivity index (χ4n) is 1.96. The van der Waals surface area contributed by atoms with Crippen LogP contribution in [0, 0.1) is 0 Å². The van der Waals surface area contributed by atoms with E-state index in [1.807, 2.05) is 40.7 Å². The number of hydrogen-bond donors (Lipinski definition) is 0. The monoisotopic (exact) mass is 381 g/mol. The SMILES string of the molecule is CC(C)(C)OC(=O)N1[C@@H](/C=C\CCI)COC1(C)C. The van der Waals surface area contributed by atoms with Crippen LogP contribution < -0.4 is 0 Å². The van der Waals surface area contributed by atoms with Gasteiger partial charge in [-0.3, -0.25) is 4.90 Å². The standard InChI is InChI=1S/C14H24INO3/c1-13(2,3)19-12(17)16-11(8-6-7-9-15)10-18-14(16,4)5/h6,8,11H,7,9-10H2,1-5H3/b8-6-/t11-/m0/s1. The summed E-state index contributed by atoms with van der Waals surface area (Å²) in [6, 6.07) is -0.0483. The van der Waals surface area contributed by atoms with Gasteiger partial charge in [-0.25, -0.2) is 4.79 Å². The van der Waals surface area contributed by atoms with Crippen LogP contribution in [0.15, 0.2) is 12.2 Å². The smallest absolute Gasteiger partial charge is 0.413 e. The van der Waals surface area contributed by atoms with Crippen LogP contribution in [-0.2, 0) is 9.47 Å². The molecule has 0 radical (unpaired) electrons. The van der Waals surface area contributed by atoms with Crippen molar-refractivity contribution in [2.45, 2.75) is 58.4 Å². The molecule has 1 fully saturated rings. The molecule has 1 heterocycles. The molecule has 1 rings (SSSR count). The minimum Gasteiger partial charge on any atom is -0.444 e. The molecule has 0 aliphatic carbocycles. The van der Waals surface area contributed by atoms with Crippen LogP contribution in [0.1, 0.15) is 41.0 Å². The predicted octanol–water partition coefficient (Wildman–Crippen LogP) is 3.74. The number of carbonyl (C=O) groups excluding carboxylic acids is 1. The Balaban J connectivity index is 2.81. The molecular formula is C14H24INO3. The lowest BCUT2D eigenvalue weighted by atomic mass is 10.2. The highest BCUT2D eigenvalue weighted by Crippen LogP contribution is 2.30. The van der Waals surface area contributed by atoms with Gasteiger partial charge in [-0.05, 0) is 41.0 Å². The van der Waals surface area contributed by atoms with Gasteiger partial charge in [0, 0.05) is 4.43 Å². The highest BCUT2D eigenvalue weighted by atomic mass is 127. The van der Waals surface area contributed by atoms with Crippen molar-refractivity contribution < 1.29 is 14.3 Å². The molecule has 0 unspecified atom stereocenters. The summed E-state index contributed by atoms with van der Waals surface area (Å²) in [6.45, 7) is 9.91. The molecule has 1 aliphatic rings. The van der Waals surface area contributed by atoms with Crippen LogP contribution in [0.4, 0.5) is 4.79 Å². The third kappa shape index (κ3) is 4.95. The second-order valence-electron chi connectivity index (χ2n) is 6.08. The average Bonchev–Trinajstić information content (AvgIpc) is 2.52. The van der Waals surface area contributed by atoms with Crippen LogP contribution >= 0.6 is 22.6 Å². The minimum absolute atomic E-state index is 0.0483. The number of hydrogen-bond acceptors (Lipinski definition) is 3. The zero-order valence-corrected chi connectivity index (χ0v) is 14.6. The first-order valence-electron chi connectivity index (χ1n) is 6.56. The van der Waals surface area contributed by atoms with Crippen molar-refractivity contribution in [2.24, 2.45) is 0 Å². The third-order valence-corrected chi connectivity index (χ3v) is 3.37. The van der Waals surface area contributed by atoms with E-state index in [1.54, 1.807) is 4.90 Å². The summed E-state index contributed by atoms with van der Waals surface area (Å²) in [5, 5.41) is 0. The van der Waals surface area contributed by atoms with E-state index in [4.69, 9.17) is 9.47 Å². The third-order valence-electron chi connectivity index (χ3n) is 2.74. The molecule has 1 atom stereocenters. The maximum absolute atomic E-state index is 12.3. The Bertz CT molecular complexity index is 347. The first-order chi connectivity index (χ1) is 8.67. The Morgan fingerprint density at radius 3 is 2.68 bits per heavy atom. The van der Waals surface area contributed by atoms with Gasteiger partial charge in [-0.2, -0.15) is 0 Å². The van der Waals surface area contributed by atoms with E-state index in [0.29, 0.717) is 6.61 Å². The highest BCUT2D eigenvalue weighted by molar-refractivity contribution is 14.1. The molecule has 0 bridgehead atoms. The summed E-state index contributed by atoms with van der Waals surface area (Å²) in [5.74, 6) is 0. The highest BCUT2D eigenvalue weighted by Gasteiger charge is 2.44. The summed E-state index contributed by atoms with van der Waals surface area (Å²) < 4.78 is 12.2. The summed E-state index contributed by atoms with van der Waals surface area (Å²) >= 11 is 2.33. The van der Waals surface area contributed by atoms with E-state index in [9.17, 15) is 4.79 Å². The molecule has 1 aliphatic heterocycles. The van der Waals surface area contributed by atoms with Crippen LogP contribution in [0.3, 0.4) is 0 Å². The van der Waals surface area contributed by atoms with E-state index in [-0.39, 0.29) is 12.1 Å². The summed E-state index contributed by atoms with van der Waals surface area (Å²) in [6.07, 6.45) is 4.81. The van der Waals surface area contributed by atoms with Crippen LogP contribution in [-0.4, -0.2) is 39.4 Å². The number of halogens is 1. The molecule has 0 N–H and O–H groups in total. The Labute approximate surface area is 129 Å². The normalized spacial score (nSPS) is 23.1. The van der Waals surface area contributed by atoms with E-state index in [0.717, 1.165) is 10.8 Å². The molecule has 19 heavy (non-hydrogen) atoms. The summed E-state index contributed by atoms with van der Waals surface area (Å²) in [5.41, 5.74) is -1.12. The van der Waals surface area contributed by atoms with Crippen molar-refractivity contribution >= 4 is 28.7 Å². The van der Waals surface area contributed by atoms with Crippen LogP contribution in [0.2, 0.25) is 0 Å². The van der Waals surface area contributed by atoms with E-state index in [1.165, 1.54) is 0 Å². The van der Waals surface area contributed by atoms with Gasteiger partial charge < -0.3 is 9.47 Å².